The van der Waals surface area contributed by atoms with E-state index in [0.717, 1.165) is 5.39 Å². The van der Waals surface area contributed by atoms with Crippen molar-refractivity contribution in [2.75, 3.05) is 16.2 Å². The number of aromatic nitrogens is 2. The van der Waals surface area contributed by atoms with Crippen LogP contribution in [-0.4, -0.2) is 30.4 Å². The van der Waals surface area contributed by atoms with Crippen molar-refractivity contribution in [1.82, 2.24) is 9.55 Å². The van der Waals surface area contributed by atoms with Gasteiger partial charge in [-0.3, -0.25) is 9.52 Å². The van der Waals surface area contributed by atoms with Crippen molar-refractivity contribution in [2.24, 2.45) is 0 Å². The summed E-state index contributed by atoms with van der Waals surface area (Å²) in [7, 11) is -3.76. The zero-order chi connectivity index (χ0) is 21.6. The highest BCUT2D eigenvalue weighted by Gasteiger charge is 2.34. The first-order valence-electron chi connectivity index (χ1n) is 9.52. The molecule has 1 saturated heterocycles. The summed E-state index contributed by atoms with van der Waals surface area (Å²) in [6.45, 7) is 0.488. The summed E-state index contributed by atoms with van der Waals surface area (Å²) in [5.41, 5.74) is 1.29. The molecule has 1 fully saturated rings. The number of thiazole rings is 1. The van der Waals surface area contributed by atoms with Crippen molar-refractivity contribution >= 4 is 49.0 Å². The number of halogens is 1. The fraction of sp³-hybridized carbons (Fsp3) is 0.143. The predicted octanol–water partition coefficient (Wildman–Crippen LogP) is 4.02. The fourth-order valence-electron chi connectivity index (χ4n) is 3.83. The Labute approximate surface area is 181 Å². The number of nitrogens with zero attached hydrogens (tertiary/aromatic N) is 3. The molecule has 1 N–H and O–H groups in total. The third kappa shape index (κ3) is 3.57. The maximum atomic E-state index is 13.7. The number of amides is 1. The fourth-order valence-corrected chi connectivity index (χ4v) is 5.62. The largest absolute Gasteiger partial charge is 0.335 e. The molecule has 2 aromatic carbocycles. The number of benzene rings is 2. The third-order valence-corrected chi connectivity index (χ3v) is 7.48. The van der Waals surface area contributed by atoms with E-state index in [9.17, 15) is 17.6 Å². The number of carbonyl (C=O) groups excluding carboxylic acids is 1. The molecule has 0 spiro atoms. The molecule has 1 atom stereocenters. The molecule has 1 amide bonds. The van der Waals surface area contributed by atoms with Gasteiger partial charge < -0.3 is 9.47 Å². The Morgan fingerprint density at radius 3 is 2.68 bits per heavy atom. The van der Waals surface area contributed by atoms with Gasteiger partial charge in [0.1, 0.15) is 11.9 Å². The van der Waals surface area contributed by atoms with E-state index in [-0.39, 0.29) is 21.8 Å². The first-order valence-corrected chi connectivity index (χ1v) is 11.9. The summed E-state index contributed by atoms with van der Waals surface area (Å²) in [5.74, 6) is -0.462. The Morgan fingerprint density at radius 2 is 1.94 bits per heavy atom. The molecule has 2 aromatic heterocycles. The molecule has 1 aliphatic heterocycles. The van der Waals surface area contributed by atoms with E-state index in [1.807, 2.05) is 6.07 Å². The number of hydrogen-bond donors (Lipinski definition) is 1. The van der Waals surface area contributed by atoms with Crippen LogP contribution in [0.15, 0.2) is 71.2 Å². The van der Waals surface area contributed by atoms with Crippen molar-refractivity contribution in [3.8, 4) is 0 Å². The Kier molecular flexibility index (Phi) is 4.75. The number of anilines is 2. The van der Waals surface area contributed by atoms with Crippen molar-refractivity contribution in [1.29, 1.82) is 0 Å². The lowest BCUT2D eigenvalue weighted by molar-refractivity contribution is -0.119. The first kappa shape index (κ1) is 19.7. The standard InChI is InChI=1S/C21H17FN4O3S2/c22-15-2-1-14-7-10-26(19(14)13-15)18-8-11-25(20(18)27)16-3-5-17(6-4-16)31(28,29)24-21-23-9-12-30-21/h1-7,9-10,12-13,18H,8,11H2,(H,23,24)/t18-/m0/s1. The van der Waals surface area contributed by atoms with Crippen molar-refractivity contribution in [3.63, 3.8) is 0 Å². The van der Waals surface area contributed by atoms with Crippen LogP contribution in [0.1, 0.15) is 12.5 Å². The molecule has 0 unspecified atom stereocenters. The molecule has 5 rings (SSSR count). The van der Waals surface area contributed by atoms with Crippen molar-refractivity contribution < 1.29 is 17.6 Å². The van der Waals surface area contributed by atoms with E-state index in [2.05, 4.69) is 9.71 Å². The Morgan fingerprint density at radius 1 is 1.13 bits per heavy atom. The van der Waals surface area contributed by atoms with Gasteiger partial charge >= 0.3 is 0 Å². The van der Waals surface area contributed by atoms with Crippen molar-refractivity contribution in [2.45, 2.75) is 17.4 Å². The highest BCUT2D eigenvalue weighted by Crippen LogP contribution is 2.32. The number of rotatable bonds is 5. The number of sulfonamides is 1. The van der Waals surface area contributed by atoms with Crippen LogP contribution in [0.4, 0.5) is 15.2 Å². The summed E-state index contributed by atoms with van der Waals surface area (Å²) in [6.07, 6.45) is 3.89. The van der Waals surface area contributed by atoms with Gasteiger partial charge in [-0.1, -0.05) is 0 Å². The average Bonchev–Trinajstić information content (AvgIpc) is 3.48. The second kappa shape index (κ2) is 7.47. The smallest absolute Gasteiger partial charge is 0.263 e. The van der Waals surface area contributed by atoms with Gasteiger partial charge in [0.05, 0.1) is 10.4 Å². The van der Waals surface area contributed by atoms with E-state index >= 15 is 0 Å². The van der Waals surface area contributed by atoms with Crippen LogP contribution in [0.3, 0.4) is 0 Å². The lowest BCUT2D eigenvalue weighted by Crippen LogP contribution is -2.28. The summed E-state index contributed by atoms with van der Waals surface area (Å²) in [4.78, 5) is 18.7. The first-order chi connectivity index (χ1) is 14.9. The molecular weight excluding hydrogens is 439 g/mol. The van der Waals surface area contributed by atoms with Crippen LogP contribution < -0.4 is 9.62 Å². The monoisotopic (exact) mass is 456 g/mol. The molecule has 0 saturated carbocycles. The van der Waals surface area contributed by atoms with Gasteiger partial charge in [0.2, 0.25) is 5.91 Å². The minimum Gasteiger partial charge on any atom is -0.335 e. The van der Waals surface area contributed by atoms with Crippen LogP contribution in [0, 0.1) is 5.82 Å². The molecule has 3 heterocycles. The zero-order valence-corrected chi connectivity index (χ0v) is 17.7. The molecule has 4 aromatic rings. The highest BCUT2D eigenvalue weighted by atomic mass is 32.2. The molecule has 0 radical (unpaired) electrons. The molecule has 1 aliphatic rings. The van der Waals surface area contributed by atoms with Crippen molar-refractivity contribution in [3.05, 3.63) is 72.1 Å². The minimum atomic E-state index is -3.76. The quantitative estimate of drug-likeness (QED) is 0.492. The van der Waals surface area contributed by atoms with Gasteiger partial charge in [0.15, 0.2) is 5.13 Å². The van der Waals surface area contributed by atoms with E-state index in [4.69, 9.17) is 0 Å². The molecule has 0 aliphatic carbocycles. The van der Waals surface area contributed by atoms with Crippen LogP contribution in [-0.2, 0) is 14.8 Å². The second-order valence-corrected chi connectivity index (χ2v) is 9.73. The Hall–Kier alpha value is -3.24. The van der Waals surface area contributed by atoms with Gasteiger partial charge in [-0.25, -0.2) is 17.8 Å². The highest BCUT2D eigenvalue weighted by molar-refractivity contribution is 7.93. The number of carbonyl (C=O) groups is 1. The number of fused-ring (bicyclic) bond motifs is 1. The Balaban J connectivity index is 1.37. The number of hydrogen-bond acceptors (Lipinski definition) is 5. The van der Waals surface area contributed by atoms with Gasteiger partial charge in [0.25, 0.3) is 10.0 Å². The van der Waals surface area contributed by atoms with Gasteiger partial charge in [-0.15, -0.1) is 11.3 Å². The normalized spacial score (nSPS) is 16.9. The summed E-state index contributed by atoms with van der Waals surface area (Å²) in [5, 5.41) is 2.84. The summed E-state index contributed by atoms with van der Waals surface area (Å²) in [6, 6.07) is 12.1. The predicted molar refractivity (Wildman–Crippen MR) is 117 cm³/mol. The minimum absolute atomic E-state index is 0.0847. The summed E-state index contributed by atoms with van der Waals surface area (Å²) < 4.78 is 42.9. The lowest BCUT2D eigenvalue weighted by atomic mass is 10.2. The third-order valence-electron chi connectivity index (χ3n) is 5.31. The average molecular weight is 457 g/mol. The van der Waals surface area contributed by atoms with E-state index in [1.165, 1.54) is 41.8 Å². The molecular formula is C21H17FN4O3S2. The number of nitrogens with one attached hydrogen (secondary N) is 1. The van der Waals surface area contributed by atoms with E-state index < -0.39 is 16.1 Å². The van der Waals surface area contributed by atoms with Gasteiger partial charge in [-0.2, -0.15) is 0 Å². The molecule has 158 valence electrons. The maximum Gasteiger partial charge on any atom is 0.263 e. The lowest BCUT2D eigenvalue weighted by Gasteiger charge is -2.18. The van der Waals surface area contributed by atoms with E-state index in [1.54, 1.807) is 39.2 Å². The summed E-state index contributed by atoms with van der Waals surface area (Å²) >= 11 is 1.19. The van der Waals surface area contributed by atoms with Gasteiger partial charge in [-0.05, 0) is 60.3 Å². The second-order valence-electron chi connectivity index (χ2n) is 7.16. The van der Waals surface area contributed by atoms with Crippen LogP contribution >= 0.6 is 11.3 Å². The maximum absolute atomic E-state index is 13.7. The molecule has 0 bridgehead atoms. The van der Waals surface area contributed by atoms with Crippen LogP contribution in [0.2, 0.25) is 0 Å². The molecule has 10 heteroatoms. The topological polar surface area (TPSA) is 84.3 Å². The SMILES string of the molecule is O=C1[C@@H](n2ccc3ccc(F)cc32)CCN1c1ccc(S(=O)(=O)Nc2nccs2)cc1. The zero-order valence-electron chi connectivity index (χ0n) is 16.1. The molecule has 7 nitrogen and oxygen atoms in total. The molecule has 31 heavy (non-hydrogen) atoms. The van der Waals surface area contributed by atoms with E-state index in [0.29, 0.717) is 24.2 Å². The Bertz CT molecular complexity index is 1370. The van der Waals surface area contributed by atoms with Crippen LogP contribution in [0.5, 0.6) is 0 Å². The van der Waals surface area contributed by atoms with Crippen LogP contribution in [0.25, 0.3) is 10.9 Å². The van der Waals surface area contributed by atoms with Gasteiger partial charge in [0, 0.05) is 30.0 Å².